The van der Waals surface area contributed by atoms with Gasteiger partial charge in [-0.25, -0.2) is 0 Å². The van der Waals surface area contributed by atoms with E-state index in [-0.39, 0.29) is 0 Å². The van der Waals surface area contributed by atoms with Crippen molar-refractivity contribution in [1.82, 2.24) is 5.32 Å². The Labute approximate surface area is 73.3 Å². The highest BCUT2D eigenvalue weighted by atomic mass is 32.2. The lowest BCUT2D eigenvalue weighted by atomic mass is 10.2. The van der Waals surface area contributed by atoms with Gasteiger partial charge in [-0.15, -0.1) is 12.3 Å². The molecule has 1 heterocycles. The second-order valence-electron chi connectivity index (χ2n) is 2.98. The van der Waals surface area contributed by atoms with E-state index in [1.807, 2.05) is 11.8 Å². The molecule has 62 valence electrons. The zero-order valence-electron chi connectivity index (χ0n) is 6.97. The van der Waals surface area contributed by atoms with Crippen molar-refractivity contribution < 1.29 is 0 Å². The van der Waals surface area contributed by atoms with Gasteiger partial charge in [0.2, 0.25) is 0 Å². The first kappa shape index (κ1) is 8.96. The molecule has 2 heteroatoms. The number of hydrogen-bond donors (Lipinski definition) is 1. The number of thioether (sulfide) groups is 1. The van der Waals surface area contributed by atoms with E-state index in [9.17, 15) is 0 Å². The van der Waals surface area contributed by atoms with Gasteiger partial charge in [0.25, 0.3) is 0 Å². The average molecular weight is 169 g/mol. The summed E-state index contributed by atoms with van der Waals surface area (Å²) in [6, 6.07) is 0.711. The summed E-state index contributed by atoms with van der Waals surface area (Å²) < 4.78 is 0. The molecule has 0 saturated carbocycles. The molecule has 1 aliphatic rings. The van der Waals surface area contributed by atoms with Crippen LogP contribution in [0.25, 0.3) is 0 Å². The van der Waals surface area contributed by atoms with Gasteiger partial charge in [-0.3, -0.25) is 0 Å². The summed E-state index contributed by atoms with van der Waals surface area (Å²) in [6.07, 6.45) is 7.30. The SMILES string of the molecule is C#CCCNC1CSC(C)C1. The van der Waals surface area contributed by atoms with Crippen molar-refractivity contribution >= 4 is 11.8 Å². The first-order valence-electron chi connectivity index (χ1n) is 4.11. The van der Waals surface area contributed by atoms with Crippen LogP contribution in [0, 0.1) is 12.3 Å². The minimum absolute atomic E-state index is 0.711. The second kappa shape index (κ2) is 4.69. The lowest BCUT2D eigenvalue weighted by molar-refractivity contribution is 0.547. The molecule has 0 amide bonds. The van der Waals surface area contributed by atoms with Crippen LogP contribution in [0.2, 0.25) is 0 Å². The molecule has 0 aromatic heterocycles. The van der Waals surface area contributed by atoms with Gasteiger partial charge in [0.1, 0.15) is 0 Å². The predicted molar refractivity (Wildman–Crippen MR) is 51.8 cm³/mol. The normalized spacial score (nSPS) is 30.2. The Balaban J connectivity index is 2.05. The Kier molecular flexibility index (Phi) is 3.82. The first-order valence-corrected chi connectivity index (χ1v) is 5.16. The molecule has 2 atom stereocenters. The minimum atomic E-state index is 0.711. The predicted octanol–water partition coefficient (Wildman–Crippen LogP) is 1.49. The van der Waals surface area contributed by atoms with Gasteiger partial charge in [-0.2, -0.15) is 11.8 Å². The Morgan fingerprint density at radius 1 is 1.73 bits per heavy atom. The Morgan fingerprint density at radius 3 is 3.09 bits per heavy atom. The zero-order valence-corrected chi connectivity index (χ0v) is 7.79. The van der Waals surface area contributed by atoms with Crippen LogP contribution in [0.1, 0.15) is 19.8 Å². The minimum Gasteiger partial charge on any atom is -0.312 e. The molecular weight excluding hydrogens is 154 g/mol. The summed E-state index contributed by atoms with van der Waals surface area (Å²) >= 11 is 2.05. The largest absolute Gasteiger partial charge is 0.312 e. The van der Waals surface area contributed by atoms with Crippen molar-refractivity contribution in [3.05, 3.63) is 0 Å². The third kappa shape index (κ3) is 3.18. The maximum Gasteiger partial charge on any atom is 0.0212 e. The van der Waals surface area contributed by atoms with Gasteiger partial charge in [-0.1, -0.05) is 6.92 Å². The average Bonchev–Trinajstić information content (AvgIpc) is 2.37. The summed E-state index contributed by atoms with van der Waals surface area (Å²) in [5.74, 6) is 3.89. The van der Waals surface area contributed by atoms with Crippen molar-refractivity contribution in [3.63, 3.8) is 0 Å². The van der Waals surface area contributed by atoms with Gasteiger partial charge < -0.3 is 5.32 Å². The third-order valence-corrected chi connectivity index (χ3v) is 3.26. The Hall–Kier alpha value is -0.130. The van der Waals surface area contributed by atoms with Gasteiger partial charge in [0.05, 0.1) is 0 Å². The van der Waals surface area contributed by atoms with Gasteiger partial charge in [-0.05, 0) is 6.42 Å². The lowest BCUT2D eigenvalue weighted by Gasteiger charge is -2.08. The molecule has 2 unspecified atom stereocenters. The quantitative estimate of drug-likeness (QED) is 0.507. The van der Waals surface area contributed by atoms with E-state index >= 15 is 0 Å². The van der Waals surface area contributed by atoms with Gasteiger partial charge >= 0.3 is 0 Å². The number of nitrogens with one attached hydrogen (secondary N) is 1. The smallest absolute Gasteiger partial charge is 0.0212 e. The highest BCUT2D eigenvalue weighted by molar-refractivity contribution is 8.00. The molecule has 1 rings (SSSR count). The number of rotatable bonds is 3. The molecular formula is C9H15NS. The summed E-state index contributed by atoms with van der Waals surface area (Å²) in [5.41, 5.74) is 0. The maximum absolute atomic E-state index is 5.15. The molecule has 1 saturated heterocycles. The molecule has 1 N–H and O–H groups in total. The van der Waals surface area contributed by atoms with Crippen molar-refractivity contribution in [2.45, 2.75) is 31.1 Å². The van der Waals surface area contributed by atoms with E-state index in [1.54, 1.807) is 0 Å². The monoisotopic (exact) mass is 169 g/mol. The Morgan fingerprint density at radius 2 is 2.55 bits per heavy atom. The molecule has 1 nitrogen and oxygen atoms in total. The fraction of sp³-hybridized carbons (Fsp3) is 0.778. The van der Waals surface area contributed by atoms with E-state index in [1.165, 1.54) is 12.2 Å². The molecule has 0 radical (unpaired) electrons. The van der Waals surface area contributed by atoms with Gasteiger partial charge in [0.15, 0.2) is 0 Å². The molecule has 1 fully saturated rings. The van der Waals surface area contributed by atoms with Crippen LogP contribution in [-0.2, 0) is 0 Å². The highest BCUT2D eigenvalue weighted by Gasteiger charge is 2.20. The van der Waals surface area contributed by atoms with E-state index < -0.39 is 0 Å². The fourth-order valence-corrected chi connectivity index (χ4v) is 2.49. The summed E-state index contributed by atoms with van der Waals surface area (Å²) in [4.78, 5) is 0. The van der Waals surface area contributed by atoms with E-state index in [2.05, 4.69) is 18.2 Å². The zero-order chi connectivity index (χ0) is 8.10. The summed E-state index contributed by atoms with van der Waals surface area (Å²) in [5, 5.41) is 4.28. The Bertz CT molecular complexity index is 150. The van der Waals surface area contributed by atoms with Crippen molar-refractivity contribution in [2.75, 3.05) is 12.3 Å². The van der Waals surface area contributed by atoms with Crippen LogP contribution >= 0.6 is 11.8 Å². The van der Waals surface area contributed by atoms with Crippen molar-refractivity contribution in [3.8, 4) is 12.3 Å². The first-order chi connectivity index (χ1) is 5.33. The van der Waals surface area contributed by atoms with E-state index in [4.69, 9.17) is 6.42 Å². The van der Waals surface area contributed by atoms with Crippen molar-refractivity contribution in [1.29, 1.82) is 0 Å². The number of terminal acetylenes is 1. The molecule has 0 spiro atoms. The van der Waals surface area contributed by atoms with Crippen LogP contribution in [0.15, 0.2) is 0 Å². The van der Waals surface area contributed by atoms with Crippen LogP contribution in [0.3, 0.4) is 0 Å². The second-order valence-corrected chi connectivity index (χ2v) is 4.46. The highest BCUT2D eigenvalue weighted by Crippen LogP contribution is 2.25. The van der Waals surface area contributed by atoms with E-state index in [0.29, 0.717) is 6.04 Å². The maximum atomic E-state index is 5.15. The molecule has 11 heavy (non-hydrogen) atoms. The molecule has 1 aliphatic heterocycles. The lowest BCUT2D eigenvalue weighted by Crippen LogP contribution is -2.29. The van der Waals surface area contributed by atoms with Crippen LogP contribution in [0.5, 0.6) is 0 Å². The van der Waals surface area contributed by atoms with Crippen LogP contribution in [-0.4, -0.2) is 23.6 Å². The number of hydrogen-bond acceptors (Lipinski definition) is 2. The third-order valence-electron chi connectivity index (χ3n) is 1.90. The van der Waals surface area contributed by atoms with Crippen LogP contribution in [0.4, 0.5) is 0 Å². The topological polar surface area (TPSA) is 12.0 Å². The molecule has 0 aliphatic carbocycles. The molecule has 0 bridgehead atoms. The van der Waals surface area contributed by atoms with Gasteiger partial charge in [0, 0.05) is 30.0 Å². The van der Waals surface area contributed by atoms with Crippen molar-refractivity contribution in [2.24, 2.45) is 0 Å². The molecule has 0 aromatic rings. The summed E-state index contributed by atoms with van der Waals surface area (Å²) in [7, 11) is 0. The van der Waals surface area contributed by atoms with E-state index in [0.717, 1.165) is 18.2 Å². The standard InChI is InChI=1S/C9H15NS/c1-3-4-5-10-9-6-8(2)11-7-9/h1,8-10H,4-7H2,2H3. The van der Waals surface area contributed by atoms with Crippen LogP contribution < -0.4 is 5.32 Å². The molecule has 0 aromatic carbocycles. The fourth-order valence-electron chi connectivity index (χ4n) is 1.31. The summed E-state index contributed by atoms with van der Waals surface area (Å²) in [6.45, 7) is 3.27.